The van der Waals surface area contributed by atoms with E-state index in [2.05, 4.69) is 4.98 Å². The molecule has 1 aliphatic rings. The zero-order chi connectivity index (χ0) is 12.6. The Balaban J connectivity index is 2.39. The number of hydrogen-bond donors (Lipinski definition) is 0. The lowest BCUT2D eigenvalue weighted by Gasteiger charge is -2.34. The van der Waals surface area contributed by atoms with Crippen LogP contribution in [0.5, 0.6) is 0 Å². The molecule has 1 saturated carbocycles. The maximum absolute atomic E-state index is 12.3. The first-order chi connectivity index (χ1) is 7.97. The molecule has 1 heterocycles. The molecule has 0 amide bonds. The summed E-state index contributed by atoms with van der Waals surface area (Å²) in [6.07, 6.45) is 5.64. The average molecular weight is 256 g/mol. The summed E-state index contributed by atoms with van der Waals surface area (Å²) in [5.74, 6) is 0.924. The second-order valence-corrected chi connectivity index (χ2v) is 5.47. The standard InChI is InChI=1S/C12H18ClN3O/c1-12(2,8-13)15(3)10-11(17)16(7-6-14-10)9-4-5-9/h6-7,9H,4-5,8H2,1-3H3. The minimum atomic E-state index is -0.281. The summed E-state index contributed by atoms with van der Waals surface area (Å²) in [5.41, 5.74) is -0.299. The van der Waals surface area contributed by atoms with E-state index >= 15 is 0 Å². The molecule has 0 unspecified atom stereocenters. The Morgan fingerprint density at radius 3 is 2.76 bits per heavy atom. The summed E-state index contributed by atoms with van der Waals surface area (Å²) in [4.78, 5) is 18.3. The zero-order valence-electron chi connectivity index (χ0n) is 10.5. The van der Waals surface area contributed by atoms with Crippen LogP contribution in [0.2, 0.25) is 0 Å². The highest BCUT2D eigenvalue weighted by atomic mass is 35.5. The molecule has 1 fully saturated rings. The first-order valence-electron chi connectivity index (χ1n) is 5.84. The number of rotatable bonds is 4. The van der Waals surface area contributed by atoms with Gasteiger partial charge in [-0.15, -0.1) is 11.6 Å². The second kappa shape index (κ2) is 4.33. The molecular weight excluding hydrogens is 238 g/mol. The Bertz CT molecular complexity index is 465. The van der Waals surface area contributed by atoms with Crippen molar-refractivity contribution in [3.05, 3.63) is 22.7 Å². The third-order valence-electron chi connectivity index (χ3n) is 3.34. The smallest absolute Gasteiger partial charge is 0.293 e. The number of halogens is 1. The van der Waals surface area contributed by atoms with Gasteiger partial charge >= 0.3 is 0 Å². The van der Waals surface area contributed by atoms with Gasteiger partial charge in [0.05, 0.1) is 0 Å². The lowest BCUT2D eigenvalue weighted by Crippen LogP contribution is -2.46. The molecule has 0 aliphatic heterocycles. The van der Waals surface area contributed by atoms with Crippen LogP contribution in [0.1, 0.15) is 32.7 Å². The molecule has 0 N–H and O–H groups in total. The van der Waals surface area contributed by atoms with Crippen LogP contribution in [0.3, 0.4) is 0 Å². The fourth-order valence-corrected chi connectivity index (χ4v) is 1.84. The average Bonchev–Trinajstić information content (AvgIpc) is 3.12. The van der Waals surface area contributed by atoms with Gasteiger partial charge in [-0.25, -0.2) is 4.98 Å². The minimum absolute atomic E-state index is 0.0179. The third-order valence-corrected chi connectivity index (χ3v) is 4.00. The first-order valence-corrected chi connectivity index (χ1v) is 6.38. The summed E-state index contributed by atoms with van der Waals surface area (Å²) >= 11 is 5.93. The number of hydrogen-bond acceptors (Lipinski definition) is 3. The van der Waals surface area contributed by atoms with Crippen LogP contribution in [0, 0.1) is 0 Å². The molecule has 5 heteroatoms. The van der Waals surface area contributed by atoms with E-state index < -0.39 is 0 Å². The van der Waals surface area contributed by atoms with Crippen LogP contribution in [-0.2, 0) is 0 Å². The number of aromatic nitrogens is 2. The Morgan fingerprint density at radius 2 is 2.24 bits per heavy atom. The van der Waals surface area contributed by atoms with Gasteiger partial charge in [0.2, 0.25) is 0 Å². The predicted molar refractivity (Wildman–Crippen MR) is 70.0 cm³/mol. The summed E-state index contributed by atoms with van der Waals surface area (Å²) in [6.45, 7) is 3.99. The fraction of sp³-hybridized carbons (Fsp3) is 0.667. The number of alkyl halides is 1. The summed E-state index contributed by atoms with van der Waals surface area (Å²) in [5, 5.41) is 0. The van der Waals surface area contributed by atoms with Crippen molar-refractivity contribution in [1.29, 1.82) is 0 Å². The van der Waals surface area contributed by atoms with Crippen LogP contribution >= 0.6 is 11.6 Å². The molecule has 0 bridgehead atoms. The van der Waals surface area contributed by atoms with E-state index in [0.717, 1.165) is 12.8 Å². The minimum Gasteiger partial charge on any atom is -0.349 e. The highest BCUT2D eigenvalue weighted by Crippen LogP contribution is 2.33. The molecule has 1 aromatic heterocycles. The van der Waals surface area contributed by atoms with Crippen LogP contribution < -0.4 is 10.5 Å². The van der Waals surface area contributed by atoms with Crippen LogP contribution in [0.4, 0.5) is 5.82 Å². The SMILES string of the molecule is CN(c1nccn(C2CC2)c1=O)C(C)(C)CCl. The molecular formula is C12H18ClN3O. The highest BCUT2D eigenvalue weighted by molar-refractivity contribution is 6.18. The van der Waals surface area contributed by atoms with Crippen molar-refractivity contribution in [2.75, 3.05) is 17.8 Å². The van der Waals surface area contributed by atoms with E-state index in [1.165, 1.54) is 0 Å². The molecule has 0 spiro atoms. The largest absolute Gasteiger partial charge is 0.349 e. The van der Waals surface area contributed by atoms with Gasteiger partial charge in [0, 0.05) is 36.9 Å². The molecule has 0 saturated heterocycles. The molecule has 0 atom stereocenters. The van der Waals surface area contributed by atoms with Crippen molar-refractivity contribution in [3.8, 4) is 0 Å². The lowest BCUT2D eigenvalue weighted by molar-refractivity contribution is 0.533. The molecule has 4 nitrogen and oxygen atoms in total. The monoisotopic (exact) mass is 255 g/mol. The van der Waals surface area contributed by atoms with Gasteiger partial charge in [-0.2, -0.15) is 0 Å². The quantitative estimate of drug-likeness (QED) is 0.773. The van der Waals surface area contributed by atoms with Crippen molar-refractivity contribution in [2.45, 2.75) is 38.3 Å². The van der Waals surface area contributed by atoms with Gasteiger partial charge in [-0.05, 0) is 26.7 Å². The Kier molecular flexibility index (Phi) is 3.17. The van der Waals surface area contributed by atoms with Crippen molar-refractivity contribution in [3.63, 3.8) is 0 Å². The molecule has 94 valence electrons. The number of anilines is 1. The normalized spacial score (nSPS) is 16.0. The second-order valence-electron chi connectivity index (χ2n) is 5.20. The van der Waals surface area contributed by atoms with E-state index in [4.69, 9.17) is 11.6 Å². The third kappa shape index (κ3) is 2.32. The van der Waals surface area contributed by atoms with Crippen LogP contribution in [0.25, 0.3) is 0 Å². The Morgan fingerprint density at radius 1 is 1.59 bits per heavy atom. The Hall–Kier alpha value is -1.03. The molecule has 0 radical (unpaired) electrons. The fourth-order valence-electron chi connectivity index (χ4n) is 1.66. The maximum atomic E-state index is 12.3. The van der Waals surface area contributed by atoms with E-state index in [-0.39, 0.29) is 11.1 Å². The zero-order valence-corrected chi connectivity index (χ0v) is 11.2. The van der Waals surface area contributed by atoms with Gasteiger partial charge in [0.1, 0.15) is 0 Å². The highest BCUT2D eigenvalue weighted by Gasteiger charge is 2.29. The van der Waals surface area contributed by atoms with Gasteiger partial charge in [-0.1, -0.05) is 0 Å². The van der Waals surface area contributed by atoms with E-state index in [1.807, 2.05) is 25.8 Å². The van der Waals surface area contributed by atoms with E-state index in [9.17, 15) is 4.79 Å². The molecule has 2 rings (SSSR count). The van der Waals surface area contributed by atoms with E-state index in [1.54, 1.807) is 17.0 Å². The predicted octanol–water partition coefficient (Wildman–Crippen LogP) is 2.03. The molecule has 1 aliphatic carbocycles. The van der Waals surface area contributed by atoms with Crippen molar-refractivity contribution in [1.82, 2.24) is 9.55 Å². The van der Waals surface area contributed by atoms with Crippen molar-refractivity contribution < 1.29 is 0 Å². The molecule has 0 aromatic carbocycles. The van der Waals surface area contributed by atoms with Crippen molar-refractivity contribution >= 4 is 17.4 Å². The van der Waals surface area contributed by atoms with Crippen molar-refractivity contribution in [2.24, 2.45) is 0 Å². The maximum Gasteiger partial charge on any atom is 0.293 e. The van der Waals surface area contributed by atoms with Gasteiger partial charge in [-0.3, -0.25) is 4.79 Å². The van der Waals surface area contributed by atoms with Gasteiger partial charge < -0.3 is 9.47 Å². The number of nitrogens with zero attached hydrogens (tertiary/aromatic N) is 3. The summed E-state index contributed by atoms with van der Waals surface area (Å²) in [6, 6.07) is 0.372. The Labute approximate surface area is 106 Å². The summed E-state index contributed by atoms with van der Waals surface area (Å²) < 4.78 is 1.78. The summed E-state index contributed by atoms with van der Waals surface area (Å²) in [7, 11) is 1.86. The van der Waals surface area contributed by atoms with Gasteiger partial charge in [0.15, 0.2) is 5.82 Å². The molecule has 1 aromatic rings. The van der Waals surface area contributed by atoms with E-state index in [0.29, 0.717) is 17.7 Å². The first kappa shape index (κ1) is 12.4. The van der Waals surface area contributed by atoms with Gasteiger partial charge in [0.25, 0.3) is 5.56 Å². The molecule has 17 heavy (non-hydrogen) atoms. The van der Waals surface area contributed by atoms with Crippen LogP contribution in [0.15, 0.2) is 17.2 Å². The lowest BCUT2D eigenvalue weighted by atomic mass is 10.1. The van der Waals surface area contributed by atoms with Crippen LogP contribution in [-0.4, -0.2) is 28.0 Å². The topological polar surface area (TPSA) is 38.1 Å².